The molecule has 7 heteroatoms. The third-order valence-electron chi connectivity index (χ3n) is 3.72. The molecule has 1 aromatic heterocycles. The molecule has 2 N–H and O–H groups in total. The Kier molecular flexibility index (Phi) is 4.09. The molecular formula is C14H18N4O3. The van der Waals surface area contributed by atoms with Gasteiger partial charge in [0.2, 0.25) is 0 Å². The quantitative estimate of drug-likeness (QED) is 0.600. The molecule has 1 aromatic rings. The van der Waals surface area contributed by atoms with E-state index >= 15 is 0 Å². The predicted molar refractivity (Wildman–Crippen MR) is 73.9 cm³/mol. The SMILES string of the molecule is CCOC(=O)Cn1nc(C#N)c(C2(C)CC2)c1C(O)C=N. The minimum atomic E-state index is -1.19. The van der Waals surface area contributed by atoms with Crippen LogP contribution in [0.1, 0.15) is 49.7 Å². The fraction of sp³-hybridized carbons (Fsp3) is 0.571. The van der Waals surface area contributed by atoms with Crippen LogP contribution in [0.5, 0.6) is 0 Å². The molecule has 0 aliphatic heterocycles. The zero-order valence-corrected chi connectivity index (χ0v) is 12.1. The second-order valence-electron chi connectivity index (χ2n) is 5.36. The average molecular weight is 290 g/mol. The Balaban J connectivity index is 2.49. The van der Waals surface area contributed by atoms with Crippen LogP contribution in [-0.2, 0) is 21.5 Å². The highest BCUT2D eigenvalue weighted by atomic mass is 16.5. The van der Waals surface area contributed by atoms with Gasteiger partial charge in [0.1, 0.15) is 18.7 Å². The van der Waals surface area contributed by atoms with Crippen molar-refractivity contribution in [3.63, 3.8) is 0 Å². The standard InChI is InChI=1S/C14H18N4O3/c1-3-21-11(20)8-18-13(10(19)7-16)12(9(6-15)17-18)14(2)4-5-14/h7,10,16,19H,3-5,8H2,1-2H3. The predicted octanol–water partition coefficient (Wildman–Crippen LogP) is 1.05. The Bertz CT molecular complexity index is 610. The van der Waals surface area contributed by atoms with E-state index in [1.54, 1.807) is 6.92 Å². The van der Waals surface area contributed by atoms with Crippen LogP contribution in [0.4, 0.5) is 0 Å². The zero-order valence-electron chi connectivity index (χ0n) is 12.1. The van der Waals surface area contributed by atoms with Crippen molar-refractivity contribution in [1.29, 1.82) is 10.7 Å². The summed E-state index contributed by atoms with van der Waals surface area (Å²) < 4.78 is 6.16. The molecule has 21 heavy (non-hydrogen) atoms. The van der Waals surface area contributed by atoms with Gasteiger partial charge in [0.05, 0.1) is 12.3 Å². The van der Waals surface area contributed by atoms with Crippen molar-refractivity contribution in [1.82, 2.24) is 9.78 Å². The lowest BCUT2D eigenvalue weighted by atomic mass is 9.94. The molecule has 112 valence electrons. The van der Waals surface area contributed by atoms with Crippen LogP contribution in [0.15, 0.2) is 0 Å². The van der Waals surface area contributed by atoms with Gasteiger partial charge in [-0.2, -0.15) is 10.4 Å². The van der Waals surface area contributed by atoms with E-state index in [0.717, 1.165) is 19.1 Å². The van der Waals surface area contributed by atoms with Crippen molar-refractivity contribution in [3.05, 3.63) is 17.0 Å². The smallest absolute Gasteiger partial charge is 0.327 e. The van der Waals surface area contributed by atoms with E-state index in [1.807, 2.05) is 13.0 Å². The van der Waals surface area contributed by atoms with Gasteiger partial charge in [0.15, 0.2) is 5.69 Å². The minimum Gasteiger partial charge on any atom is -0.465 e. The molecule has 1 heterocycles. The number of aliphatic hydroxyl groups is 1. The van der Waals surface area contributed by atoms with Crippen LogP contribution in [-0.4, -0.2) is 33.7 Å². The molecule has 0 aromatic carbocycles. The van der Waals surface area contributed by atoms with Gasteiger partial charge in [-0.05, 0) is 25.2 Å². The maximum Gasteiger partial charge on any atom is 0.327 e. The summed E-state index contributed by atoms with van der Waals surface area (Å²) in [6, 6.07) is 2.02. The number of rotatable bonds is 6. The highest BCUT2D eigenvalue weighted by Crippen LogP contribution is 2.50. The van der Waals surface area contributed by atoms with Crippen molar-refractivity contribution in [2.24, 2.45) is 0 Å². The topological polar surface area (TPSA) is 112 Å². The fourth-order valence-corrected chi connectivity index (χ4v) is 2.41. The minimum absolute atomic E-state index is 0.182. The number of nitrogens with one attached hydrogen (secondary N) is 1. The summed E-state index contributed by atoms with van der Waals surface area (Å²) in [5.41, 5.74) is 0.979. The van der Waals surface area contributed by atoms with Gasteiger partial charge in [-0.1, -0.05) is 6.92 Å². The lowest BCUT2D eigenvalue weighted by molar-refractivity contribution is -0.144. The first kappa shape index (κ1) is 15.2. The monoisotopic (exact) mass is 290 g/mol. The Hall–Kier alpha value is -2.20. The largest absolute Gasteiger partial charge is 0.465 e. The van der Waals surface area contributed by atoms with E-state index in [1.165, 1.54) is 4.68 Å². The van der Waals surface area contributed by atoms with Gasteiger partial charge >= 0.3 is 5.97 Å². The van der Waals surface area contributed by atoms with Crippen LogP contribution in [0.3, 0.4) is 0 Å². The zero-order chi connectivity index (χ0) is 15.6. The molecule has 1 unspecified atom stereocenters. The Labute approximate surface area is 122 Å². The van der Waals surface area contributed by atoms with Crippen LogP contribution >= 0.6 is 0 Å². The molecule has 1 fully saturated rings. The summed E-state index contributed by atoms with van der Waals surface area (Å²) in [4.78, 5) is 11.6. The van der Waals surface area contributed by atoms with Crippen molar-refractivity contribution >= 4 is 12.2 Å². The number of aliphatic hydroxyl groups excluding tert-OH is 1. The van der Waals surface area contributed by atoms with Gasteiger partial charge in [-0.25, -0.2) is 0 Å². The molecule has 0 saturated heterocycles. The number of hydrogen-bond acceptors (Lipinski definition) is 6. The molecule has 1 aliphatic rings. The van der Waals surface area contributed by atoms with Crippen LogP contribution in [0.2, 0.25) is 0 Å². The Morgan fingerprint density at radius 3 is 2.86 bits per heavy atom. The van der Waals surface area contributed by atoms with Crippen LogP contribution in [0.25, 0.3) is 0 Å². The summed E-state index contributed by atoms with van der Waals surface area (Å²) in [6.07, 6.45) is 1.46. The van der Waals surface area contributed by atoms with Crippen molar-refractivity contribution in [2.45, 2.75) is 44.8 Å². The van der Waals surface area contributed by atoms with Gasteiger partial charge < -0.3 is 15.3 Å². The number of hydrogen-bond donors (Lipinski definition) is 2. The fourth-order valence-electron chi connectivity index (χ4n) is 2.41. The molecule has 0 spiro atoms. The Morgan fingerprint density at radius 1 is 1.71 bits per heavy atom. The van der Waals surface area contributed by atoms with Crippen LogP contribution in [0, 0.1) is 16.7 Å². The van der Waals surface area contributed by atoms with Gasteiger partial charge in [0, 0.05) is 11.8 Å². The third-order valence-corrected chi connectivity index (χ3v) is 3.72. The average Bonchev–Trinajstić information content (AvgIpc) is 3.08. The summed E-state index contributed by atoms with van der Waals surface area (Å²) in [5.74, 6) is -0.490. The molecule has 7 nitrogen and oxygen atoms in total. The number of nitriles is 1. The molecule has 0 bridgehead atoms. The number of carbonyl (C=O) groups excluding carboxylic acids is 1. The maximum atomic E-state index is 11.6. The van der Waals surface area contributed by atoms with E-state index in [4.69, 9.17) is 10.1 Å². The number of carbonyl (C=O) groups is 1. The van der Waals surface area contributed by atoms with Gasteiger partial charge in [-0.15, -0.1) is 0 Å². The molecule has 0 radical (unpaired) electrons. The molecule has 2 rings (SSSR count). The lowest BCUT2D eigenvalue weighted by Gasteiger charge is -2.15. The van der Waals surface area contributed by atoms with Gasteiger partial charge in [-0.3, -0.25) is 9.48 Å². The van der Waals surface area contributed by atoms with E-state index in [9.17, 15) is 15.2 Å². The molecule has 1 saturated carbocycles. The van der Waals surface area contributed by atoms with E-state index in [-0.39, 0.29) is 24.3 Å². The number of ether oxygens (including phenoxy) is 1. The highest BCUT2D eigenvalue weighted by molar-refractivity contribution is 5.70. The van der Waals surface area contributed by atoms with E-state index < -0.39 is 12.1 Å². The lowest BCUT2D eigenvalue weighted by Crippen LogP contribution is -2.20. The summed E-state index contributed by atoms with van der Waals surface area (Å²) in [5, 5.41) is 30.7. The first-order valence-electron chi connectivity index (χ1n) is 6.82. The van der Waals surface area contributed by atoms with E-state index in [0.29, 0.717) is 11.3 Å². The first-order valence-corrected chi connectivity index (χ1v) is 6.82. The van der Waals surface area contributed by atoms with E-state index in [2.05, 4.69) is 5.10 Å². The second-order valence-corrected chi connectivity index (χ2v) is 5.36. The molecule has 1 atom stereocenters. The number of aromatic nitrogens is 2. The van der Waals surface area contributed by atoms with Crippen molar-refractivity contribution < 1.29 is 14.6 Å². The van der Waals surface area contributed by atoms with Crippen molar-refractivity contribution in [2.75, 3.05) is 6.61 Å². The summed E-state index contributed by atoms with van der Waals surface area (Å²) in [6.45, 7) is 3.75. The number of esters is 1. The summed E-state index contributed by atoms with van der Waals surface area (Å²) in [7, 11) is 0. The molecule has 1 aliphatic carbocycles. The van der Waals surface area contributed by atoms with Crippen molar-refractivity contribution in [3.8, 4) is 6.07 Å². The Morgan fingerprint density at radius 2 is 2.38 bits per heavy atom. The first-order chi connectivity index (χ1) is 9.96. The highest BCUT2D eigenvalue weighted by Gasteiger charge is 2.45. The molecule has 0 amide bonds. The third kappa shape index (κ3) is 2.81. The number of nitrogens with zero attached hydrogens (tertiary/aromatic N) is 3. The molecular weight excluding hydrogens is 272 g/mol. The second kappa shape index (κ2) is 5.66. The summed E-state index contributed by atoms with van der Waals surface area (Å²) >= 11 is 0. The maximum absolute atomic E-state index is 11.6. The normalized spacial score (nSPS) is 16.9. The van der Waals surface area contributed by atoms with Crippen LogP contribution < -0.4 is 0 Å². The van der Waals surface area contributed by atoms with Gasteiger partial charge in [0.25, 0.3) is 0 Å².